The van der Waals surface area contributed by atoms with E-state index in [0.29, 0.717) is 31.3 Å². The summed E-state index contributed by atoms with van der Waals surface area (Å²) in [6.07, 6.45) is 21.4. The van der Waals surface area contributed by atoms with Gasteiger partial charge in [0, 0.05) is 95.1 Å². The lowest BCUT2D eigenvalue weighted by molar-refractivity contribution is -0.138. The van der Waals surface area contributed by atoms with Gasteiger partial charge in [0.15, 0.2) is 11.6 Å². The first-order chi connectivity index (χ1) is 28.0. The van der Waals surface area contributed by atoms with Crippen LogP contribution in [0.15, 0.2) is 65.4 Å². The van der Waals surface area contributed by atoms with Crippen LogP contribution in [0.25, 0.3) is 33.0 Å². The van der Waals surface area contributed by atoms with E-state index in [0.717, 1.165) is 66.4 Å². The average Bonchev–Trinajstić information content (AvgIpc) is 3.99. The minimum atomic E-state index is -0.784. The van der Waals surface area contributed by atoms with Crippen molar-refractivity contribution in [3.63, 3.8) is 0 Å². The van der Waals surface area contributed by atoms with Crippen molar-refractivity contribution in [2.45, 2.75) is 123 Å². The molecule has 0 aliphatic carbocycles. The number of aromatic amines is 1. The van der Waals surface area contributed by atoms with Crippen molar-refractivity contribution in [2.24, 2.45) is 5.92 Å². The van der Waals surface area contributed by atoms with E-state index in [1.807, 2.05) is 57.4 Å². The molecule has 2 atom stereocenters. The molecule has 10 heteroatoms. The van der Waals surface area contributed by atoms with Crippen LogP contribution in [0.1, 0.15) is 143 Å². The number of aromatic nitrogens is 1. The van der Waals surface area contributed by atoms with Crippen molar-refractivity contribution >= 4 is 56.5 Å². The number of rotatable bonds is 13. The molecule has 0 radical (unpaired) electrons. The number of carboxylic acids is 2. The second-order valence-corrected chi connectivity index (χ2v) is 16.6. The fourth-order valence-electron chi connectivity index (χ4n) is 8.90. The number of unbranched alkanes of at least 4 members (excludes halogenated alkanes) is 3. The summed E-state index contributed by atoms with van der Waals surface area (Å²) in [5.74, 6) is -1.14. The van der Waals surface area contributed by atoms with Gasteiger partial charge in [-0.15, -0.1) is 0 Å². The van der Waals surface area contributed by atoms with E-state index in [1.54, 1.807) is 0 Å². The van der Waals surface area contributed by atoms with Gasteiger partial charge >= 0.3 is 11.9 Å². The van der Waals surface area contributed by atoms with Gasteiger partial charge in [0.2, 0.25) is 0 Å². The Labute approximate surface area is 342 Å². The largest absolute Gasteiger partial charge is 0.481 e. The van der Waals surface area contributed by atoms with Crippen molar-refractivity contribution in [1.29, 1.82) is 0 Å². The molecule has 6 heterocycles. The number of ketones is 2. The second kappa shape index (κ2) is 20.3. The van der Waals surface area contributed by atoms with Crippen molar-refractivity contribution < 1.29 is 33.8 Å². The summed E-state index contributed by atoms with van der Waals surface area (Å²) in [7, 11) is 0. The molecule has 10 nitrogen and oxygen atoms in total. The van der Waals surface area contributed by atoms with Crippen LogP contribution in [-0.2, 0) is 9.59 Å². The number of furan rings is 1. The number of benzene rings is 2. The summed E-state index contributed by atoms with van der Waals surface area (Å²) >= 11 is 0. The van der Waals surface area contributed by atoms with E-state index in [-0.39, 0.29) is 30.3 Å². The third-order valence-electron chi connectivity index (χ3n) is 12.2. The summed E-state index contributed by atoms with van der Waals surface area (Å²) in [6.45, 7) is 10.4. The minimum Gasteiger partial charge on any atom is -0.481 e. The number of hydrogen-bond acceptors (Lipinski definition) is 7. The van der Waals surface area contributed by atoms with Gasteiger partial charge in [-0.05, 0) is 112 Å². The zero-order chi connectivity index (χ0) is 41.2. The van der Waals surface area contributed by atoms with Gasteiger partial charge in [0.25, 0.3) is 0 Å². The van der Waals surface area contributed by atoms with Crippen LogP contribution in [-0.4, -0.2) is 86.8 Å². The Morgan fingerprint density at radius 1 is 0.759 bits per heavy atom. The number of nitrogens with zero attached hydrogens (tertiary/aromatic N) is 2. The van der Waals surface area contributed by atoms with Gasteiger partial charge in [-0.3, -0.25) is 29.0 Å². The Morgan fingerprint density at radius 2 is 1.36 bits per heavy atom. The Hall–Kier alpha value is -4.80. The van der Waals surface area contributed by atoms with E-state index in [1.165, 1.54) is 72.9 Å². The summed E-state index contributed by atoms with van der Waals surface area (Å²) in [4.78, 5) is 53.0. The van der Waals surface area contributed by atoms with Crippen molar-refractivity contribution in [2.75, 3.05) is 26.2 Å². The average molecular weight is 792 g/mol. The van der Waals surface area contributed by atoms with Gasteiger partial charge < -0.3 is 19.6 Å². The third-order valence-corrected chi connectivity index (χ3v) is 12.2. The Balaban J connectivity index is 0.000000155. The standard InChI is InChI=1S/C21H25NO2.C19H22N2O.C8H14O4/c1-14(2)21(23)16-6-7-20-18(12-16)19(13-24-20)15-8-10-22-9-4-3-5-17(22)11-15;1-2-19(22)14-5-6-18-16(11-14)17(12-20-18)13-7-9-21-8-3-4-15(21)10-13;9-7(10)5-3-1-2-4-6-8(11)12/h6-8,12-14,17H,3-5,9-11H2,1-2H3;5-7,11-12,15,20H,2-4,8-10H2,1H3;1-6H2,(H,9,10)(H,11,12). The summed E-state index contributed by atoms with van der Waals surface area (Å²) in [5, 5.41) is 18.8. The molecule has 2 aromatic heterocycles. The number of carboxylic acid groups (broad SMARTS) is 2. The number of H-pyrrole nitrogens is 1. The monoisotopic (exact) mass is 791 g/mol. The molecular weight excluding hydrogens is 731 g/mol. The number of Topliss-reactive ketones (excluding diaryl/α,β-unsaturated/α-hetero) is 2. The zero-order valence-electron chi connectivity index (χ0n) is 34.6. The number of nitrogens with one attached hydrogen (secondary N) is 1. The molecular formula is C48H61N3O7. The van der Waals surface area contributed by atoms with Crippen LogP contribution in [0.3, 0.4) is 0 Å². The third kappa shape index (κ3) is 10.8. The minimum absolute atomic E-state index is 0.0162. The molecule has 310 valence electrons. The van der Waals surface area contributed by atoms with Crippen LogP contribution in [0.2, 0.25) is 0 Å². The number of aliphatic carboxylic acids is 2. The number of piperidine rings is 1. The molecule has 4 aliphatic rings. The maximum Gasteiger partial charge on any atom is 0.303 e. The first-order valence-electron chi connectivity index (χ1n) is 21.5. The Morgan fingerprint density at radius 3 is 2.00 bits per heavy atom. The van der Waals surface area contributed by atoms with E-state index >= 15 is 0 Å². The van der Waals surface area contributed by atoms with Crippen LogP contribution in [0.5, 0.6) is 0 Å². The maximum absolute atomic E-state index is 12.3. The van der Waals surface area contributed by atoms with Gasteiger partial charge in [-0.25, -0.2) is 0 Å². The Bertz CT molecular complexity index is 2120. The highest BCUT2D eigenvalue weighted by Crippen LogP contribution is 2.37. The van der Waals surface area contributed by atoms with Gasteiger partial charge in [-0.2, -0.15) is 0 Å². The Kier molecular flexibility index (Phi) is 14.9. The van der Waals surface area contributed by atoms with Crippen molar-refractivity contribution in [3.8, 4) is 0 Å². The molecule has 8 rings (SSSR count). The number of hydrogen-bond donors (Lipinski definition) is 3. The highest BCUT2D eigenvalue weighted by molar-refractivity contribution is 6.03. The molecule has 0 spiro atoms. The fourth-order valence-corrected chi connectivity index (χ4v) is 8.90. The highest BCUT2D eigenvalue weighted by atomic mass is 16.4. The fraction of sp³-hybridized carbons (Fsp3) is 0.500. The smallest absolute Gasteiger partial charge is 0.303 e. The predicted octanol–water partition coefficient (Wildman–Crippen LogP) is 10.4. The van der Waals surface area contributed by atoms with E-state index in [4.69, 9.17) is 14.6 Å². The quantitative estimate of drug-likeness (QED) is 0.0890. The zero-order valence-corrected chi connectivity index (χ0v) is 34.6. The molecule has 4 aliphatic heterocycles. The maximum atomic E-state index is 12.3. The lowest BCUT2D eigenvalue weighted by atomic mass is 9.88. The lowest BCUT2D eigenvalue weighted by Crippen LogP contribution is -2.41. The topological polar surface area (TPSA) is 144 Å². The van der Waals surface area contributed by atoms with Gasteiger partial charge in [0.1, 0.15) is 5.58 Å². The molecule has 2 aromatic carbocycles. The van der Waals surface area contributed by atoms with Gasteiger partial charge in [-0.1, -0.05) is 52.2 Å². The van der Waals surface area contributed by atoms with Crippen LogP contribution < -0.4 is 0 Å². The molecule has 0 amide bonds. The van der Waals surface area contributed by atoms with E-state index < -0.39 is 11.9 Å². The van der Waals surface area contributed by atoms with E-state index in [9.17, 15) is 19.2 Å². The predicted molar refractivity (Wildman–Crippen MR) is 230 cm³/mol. The van der Waals surface area contributed by atoms with Crippen molar-refractivity contribution in [1.82, 2.24) is 14.8 Å². The summed E-state index contributed by atoms with van der Waals surface area (Å²) in [6, 6.07) is 13.3. The van der Waals surface area contributed by atoms with Crippen LogP contribution in [0.4, 0.5) is 0 Å². The highest BCUT2D eigenvalue weighted by Gasteiger charge is 2.29. The molecule has 4 aromatic rings. The summed E-state index contributed by atoms with van der Waals surface area (Å²) < 4.78 is 5.77. The molecule has 0 saturated carbocycles. The number of carbonyl (C=O) groups excluding carboxylic acids is 2. The first-order valence-corrected chi connectivity index (χ1v) is 21.5. The molecule has 3 N–H and O–H groups in total. The molecule has 2 saturated heterocycles. The van der Waals surface area contributed by atoms with Crippen molar-refractivity contribution in [3.05, 3.63) is 83.3 Å². The van der Waals surface area contributed by atoms with Crippen LogP contribution >= 0.6 is 0 Å². The number of fused-ring (bicyclic) bond motifs is 4. The van der Waals surface area contributed by atoms with Crippen LogP contribution in [0, 0.1) is 5.92 Å². The second-order valence-electron chi connectivity index (χ2n) is 16.6. The SMILES string of the molecule is CC(C)C(=O)c1ccc2occ(C3=CCN4CCCCC4C3)c2c1.CCC(=O)c1ccc2[nH]cc(C3=CCN4CCCC4C3)c2c1.O=C(O)CCCCCCC(=O)O. The van der Waals surface area contributed by atoms with Gasteiger partial charge in [0.05, 0.1) is 6.26 Å². The lowest BCUT2D eigenvalue weighted by Gasteiger charge is -2.38. The first kappa shape index (κ1) is 42.8. The molecule has 0 bridgehead atoms. The molecule has 58 heavy (non-hydrogen) atoms. The normalized spacial score (nSPS) is 19.3. The number of carbonyl (C=O) groups is 4. The summed E-state index contributed by atoms with van der Waals surface area (Å²) in [5.41, 5.74) is 8.89. The van der Waals surface area contributed by atoms with E-state index in [2.05, 4.69) is 39.2 Å². The molecule has 2 unspecified atom stereocenters. The molecule has 2 fully saturated rings.